The molecule has 0 aliphatic carbocycles. The lowest BCUT2D eigenvalue weighted by Crippen LogP contribution is -2.30. The SMILES string of the molecule is CNCCNC(=O)c1ccc(Nc2cc(-c3cccc(NC(=O)c4ccc(C)cc4)c3C)n[nH]c2=O)nc1. The summed E-state index contributed by atoms with van der Waals surface area (Å²) in [4.78, 5) is 41.6. The first-order valence-electron chi connectivity index (χ1n) is 12.1. The minimum absolute atomic E-state index is 0.215. The Morgan fingerprint density at radius 1 is 0.895 bits per heavy atom. The average Bonchev–Trinajstić information content (AvgIpc) is 2.92. The second-order valence-electron chi connectivity index (χ2n) is 8.71. The van der Waals surface area contributed by atoms with Crippen LogP contribution < -0.4 is 26.8 Å². The summed E-state index contributed by atoms with van der Waals surface area (Å²) in [6.45, 7) is 5.00. The Morgan fingerprint density at radius 2 is 1.66 bits per heavy atom. The summed E-state index contributed by atoms with van der Waals surface area (Å²) in [7, 11) is 1.81. The molecule has 0 aliphatic heterocycles. The second kappa shape index (κ2) is 11.9. The molecule has 0 unspecified atom stereocenters. The van der Waals surface area contributed by atoms with Crippen molar-refractivity contribution in [3.63, 3.8) is 0 Å². The Balaban J connectivity index is 1.52. The van der Waals surface area contributed by atoms with E-state index in [-0.39, 0.29) is 17.5 Å². The van der Waals surface area contributed by atoms with E-state index in [1.54, 1.807) is 30.3 Å². The van der Waals surface area contributed by atoms with Crippen molar-refractivity contribution in [2.75, 3.05) is 30.8 Å². The fourth-order valence-corrected chi connectivity index (χ4v) is 3.73. The molecule has 0 atom stereocenters. The van der Waals surface area contributed by atoms with E-state index in [1.807, 2.05) is 51.2 Å². The molecule has 2 heterocycles. The summed E-state index contributed by atoms with van der Waals surface area (Å²) < 4.78 is 0. The molecular formula is C28H29N7O3. The van der Waals surface area contributed by atoms with Gasteiger partial charge in [0.1, 0.15) is 11.5 Å². The lowest BCUT2D eigenvalue weighted by Gasteiger charge is -2.13. The third kappa shape index (κ3) is 6.29. The summed E-state index contributed by atoms with van der Waals surface area (Å²) in [5.41, 5.74) is 4.55. The van der Waals surface area contributed by atoms with Gasteiger partial charge in [0.2, 0.25) is 0 Å². The zero-order chi connectivity index (χ0) is 27.1. The molecule has 0 bridgehead atoms. The number of carbonyl (C=O) groups excluding carboxylic acids is 2. The molecule has 0 saturated heterocycles. The van der Waals surface area contributed by atoms with Gasteiger partial charge in [-0.3, -0.25) is 14.4 Å². The first-order valence-corrected chi connectivity index (χ1v) is 12.1. The Hall–Kier alpha value is -4.83. The van der Waals surface area contributed by atoms with Gasteiger partial charge in [-0.1, -0.05) is 29.8 Å². The lowest BCUT2D eigenvalue weighted by molar-refractivity contribution is 0.0953. The number of amides is 2. The zero-order valence-corrected chi connectivity index (χ0v) is 21.4. The highest BCUT2D eigenvalue weighted by molar-refractivity contribution is 6.05. The zero-order valence-electron chi connectivity index (χ0n) is 21.4. The Morgan fingerprint density at radius 3 is 2.37 bits per heavy atom. The van der Waals surface area contributed by atoms with Gasteiger partial charge in [-0.2, -0.15) is 5.10 Å². The molecule has 0 aliphatic rings. The number of hydrogen-bond acceptors (Lipinski definition) is 7. The number of aromatic amines is 1. The maximum atomic E-state index is 12.7. The van der Waals surface area contributed by atoms with Crippen molar-refractivity contribution in [2.24, 2.45) is 0 Å². The van der Waals surface area contributed by atoms with Crippen molar-refractivity contribution in [1.82, 2.24) is 25.8 Å². The Bertz CT molecular complexity index is 1500. The molecule has 10 nitrogen and oxygen atoms in total. The summed E-state index contributed by atoms with van der Waals surface area (Å²) in [6, 6.07) is 17.7. The number of likely N-dealkylation sites (N-methyl/N-ethyl adjacent to an activating group) is 1. The van der Waals surface area contributed by atoms with Crippen molar-refractivity contribution in [1.29, 1.82) is 0 Å². The second-order valence-corrected chi connectivity index (χ2v) is 8.71. The molecule has 4 aromatic rings. The number of H-pyrrole nitrogens is 1. The van der Waals surface area contributed by atoms with Gasteiger partial charge in [0.15, 0.2) is 0 Å². The number of aryl methyl sites for hydroxylation is 1. The number of hydrogen-bond donors (Lipinski definition) is 5. The number of nitrogens with zero attached hydrogens (tertiary/aromatic N) is 2. The number of carbonyl (C=O) groups is 2. The van der Waals surface area contributed by atoms with Gasteiger partial charge < -0.3 is 21.3 Å². The van der Waals surface area contributed by atoms with E-state index in [9.17, 15) is 14.4 Å². The van der Waals surface area contributed by atoms with Crippen LogP contribution in [0.25, 0.3) is 11.3 Å². The standard InChI is InChI=1S/C28H29N7O3/c1-17-7-9-19(10-8-17)27(37)33-22-6-4-5-21(18(22)2)23-15-24(28(38)35-34-23)32-25-12-11-20(16-31-25)26(36)30-14-13-29-3/h4-12,15-16,29H,13-14H2,1-3H3,(H,30,36)(H,33,37)(H,35,38)(H,31,32,34). The molecule has 0 spiro atoms. The van der Waals surface area contributed by atoms with E-state index in [0.29, 0.717) is 41.4 Å². The molecule has 2 aromatic carbocycles. The molecule has 0 radical (unpaired) electrons. The van der Waals surface area contributed by atoms with Gasteiger partial charge in [0.05, 0.1) is 11.3 Å². The minimum atomic E-state index is -0.425. The monoisotopic (exact) mass is 511 g/mol. The largest absolute Gasteiger partial charge is 0.351 e. The van der Waals surface area contributed by atoms with Crippen LogP contribution in [0.5, 0.6) is 0 Å². The average molecular weight is 512 g/mol. The van der Waals surface area contributed by atoms with Crippen LogP contribution >= 0.6 is 0 Å². The van der Waals surface area contributed by atoms with E-state index >= 15 is 0 Å². The van der Waals surface area contributed by atoms with E-state index < -0.39 is 5.56 Å². The van der Waals surface area contributed by atoms with Gasteiger partial charge in [0, 0.05) is 36.1 Å². The summed E-state index contributed by atoms with van der Waals surface area (Å²) in [5, 5.41) is 18.4. The summed E-state index contributed by atoms with van der Waals surface area (Å²) in [6.07, 6.45) is 1.44. The van der Waals surface area contributed by atoms with Crippen LogP contribution in [0.15, 0.2) is 71.7 Å². The number of rotatable bonds is 9. The smallest absolute Gasteiger partial charge is 0.287 e. The predicted molar refractivity (Wildman–Crippen MR) is 148 cm³/mol. The van der Waals surface area contributed by atoms with Gasteiger partial charge in [0.25, 0.3) is 17.4 Å². The fraction of sp³-hybridized carbons (Fsp3) is 0.179. The van der Waals surface area contributed by atoms with Gasteiger partial charge in [-0.15, -0.1) is 0 Å². The number of nitrogens with one attached hydrogen (secondary N) is 5. The first kappa shape index (κ1) is 26.2. The van der Waals surface area contributed by atoms with Gasteiger partial charge in [-0.25, -0.2) is 10.1 Å². The van der Waals surface area contributed by atoms with E-state index in [0.717, 1.165) is 16.7 Å². The third-order valence-electron chi connectivity index (χ3n) is 5.92. The van der Waals surface area contributed by atoms with E-state index in [2.05, 4.69) is 36.4 Å². The van der Waals surface area contributed by atoms with Crippen molar-refractivity contribution in [3.8, 4) is 11.3 Å². The number of anilines is 3. The van der Waals surface area contributed by atoms with Crippen LogP contribution in [-0.2, 0) is 0 Å². The third-order valence-corrected chi connectivity index (χ3v) is 5.92. The van der Waals surface area contributed by atoms with Crippen LogP contribution in [0.2, 0.25) is 0 Å². The van der Waals surface area contributed by atoms with Crippen molar-refractivity contribution in [2.45, 2.75) is 13.8 Å². The predicted octanol–water partition coefficient (Wildman–Crippen LogP) is 3.39. The highest BCUT2D eigenvalue weighted by Crippen LogP contribution is 2.28. The molecule has 10 heteroatoms. The van der Waals surface area contributed by atoms with Crippen LogP contribution in [0, 0.1) is 13.8 Å². The normalized spacial score (nSPS) is 10.6. The van der Waals surface area contributed by atoms with E-state index in [4.69, 9.17) is 0 Å². The van der Waals surface area contributed by atoms with Crippen molar-refractivity contribution in [3.05, 3.63) is 99.5 Å². The molecule has 194 valence electrons. The topological polar surface area (TPSA) is 141 Å². The number of pyridine rings is 1. The molecule has 0 saturated carbocycles. The van der Waals surface area contributed by atoms with Crippen LogP contribution in [0.1, 0.15) is 31.8 Å². The molecule has 2 aromatic heterocycles. The minimum Gasteiger partial charge on any atom is -0.351 e. The maximum absolute atomic E-state index is 12.7. The summed E-state index contributed by atoms with van der Waals surface area (Å²) >= 11 is 0. The molecule has 2 amide bonds. The van der Waals surface area contributed by atoms with Crippen LogP contribution in [0.3, 0.4) is 0 Å². The highest BCUT2D eigenvalue weighted by atomic mass is 16.2. The summed E-state index contributed by atoms with van der Waals surface area (Å²) in [5.74, 6) is -0.0457. The fourth-order valence-electron chi connectivity index (χ4n) is 3.73. The van der Waals surface area contributed by atoms with Crippen molar-refractivity contribution >= 4 is 29.0 Å². The first-order chi connectivity index (χ1) is 18.4. The quantitative estimate of drug-likeness (QED) is 0.217. The Kier molecular flexibility index (Phi) is 8.24. The molecule has 5 N–H and O–H groups in total. The van der Waals surface area contributed by atoms with Crippen molar-refractivity contribution < 1.29 is 9.59 Å². The Labute approximate surface area is 219 Å². The van der Waals surface area contributed by atoms with E-state index in [1.165, 1.54) is 6.20 Å². The van der Waals surface area contributed by atoms with Crippen LogP contribution in [-0.4, -0.2) is 47.1 Å². The number of benzene rings is 2. The van der Waals surface area contributed by atoms with Crippen LogP contribution in [0.4, 0.5) is 17.2 Å². The maximum Gasteiger partial charge on any atom is 0.287 e. The lowest BCUT2D eigenvalue weighted by atomic mass is 10.0. The highest BCUT2D eigenvalue weighted by Gasteiger charge is 2.14. The molecule has 4 rings (SSSR count). The molecule has 0 fully saturated rings. The molecule has 38 heavy (non-hydrogen) atoms. The number of aromatic nitrogens is 3. The van der Waals surface area contributed by atoms with Gasteiger partial charge >= 0.3 is 0 Å². The molecular weight excluding hydrogens is 482 g/mol. The van der Waals surface area contributed by atoms with Gasteiger partial charge in [-0.05, 0) is 62.9 Å².